The van der Waals surface area contributed by atoms with Crippen LogP contribution in [0.1, 0.15) is 133 Å². The Morgan fingerprint density at radius 1 is 0.853 bits per heavy atom. The fraction of sp³-hybridized carbons (Fsp3) is 0.758. The Kier molecular flexibility index (Phi) is 40.2. The van der Waals surface area contributed by atoms with Gasteiger partial charge in [0.15, 0.2) is 0 Å². The Morgan fingerprint density at radius 3 is 1.71 bits per heavy atom. The minimum atomic E-state index is 0.653. The van der Waals surface area contributed by atoms with Crippen molar-refractivity contribution in [2.45, 2.75) is 139 Å². The van der Waals surface area contributed by atoms with Crippen molar-refractivity contribution in [2.75, 3.05) is 6.54 Å². The topological polar surface area (TPSA) is 12.0 Å². The predicted octanol–water partition coefficient (Wildman–Crippen LogP) is 11.3. The van der Waals surface area contributed by atoms with Crippen LogP contribution in [0.4, 0.5) is 0 Å². The normalized spacial score (nSPS) is 13.6. The first-order valence-electron chi connectivity index (χ1n) is 14.4. The van der Waals surface area contributed by atoms with Gasteiger partial charge in [-0.3, -0.25) is 0 Å². The third-order valence-electron chi connectivity index (χ3n) is 6.27. The van der Waals surface area contributed by atoms with Crippen molar-refractivity contribution in [1.29, 1.82) is 0 Å². The second kappa shape index (κ2) is 34.1. The molecular weight excluding hydrogens is 410 g/mol. The molecule has 0 radical (unpaired) electrons. The van der Waals surface area contributed by atoms with Gasteiger partial charge < -0.3 is 5.32 Å². The molecule has 3 unspecified atom stereocenters. The SMILES string of the molecule is C/C=C(/C)C(C)CC.C=C.C=CCC.CCCC(CCC)CC(C)C/C=C/CNC(C)CCC. The highest BCUT2D eigenvalue weighted by molar-refractivity contribution is 4.99. The van der Waals surface area contributed by atoms with Crippen molar-refractivity contribution < 1.29 is 0 Å². The molecule has 0 fully saturated rings. The largest absolute Gasteiger partial charge is 0.311 e. The molecular formula is C33H67N. The van der Waals surface area contributed by atoms with Crippen LogP contribution < -0.4 is 5.32 Å². The number of allylic oxidation sites excluding steroid dienone is 4. The van der Waals surface area contributed by atoms with Crippen LogP contribution in [0.2, 0.25) is 0 Å². The quantitative estimate of drug-likeness (QED) is 0.218. The Bertz CT molecular complexity index is 428. The summed E-state index contributed by atoms with van der Waals surface area (Å²) >= 11 is 0. The van der Waals surface area contributed by atoms with Gasteiger partial charge in [-0.25, -0.2) is 0 Å². The molecule has 1 N–H and O–H groups in total. The van der Waals surface area contributed by atoms with E-state index < -0.39 is 0 Å². The summed E-state index contributed by atoms with van der Waals surface area (Å²) in [5, 5.41) is 3.55. The summed E-state index contributed by atoms with van der Waals surface area (Å²) in [5.74, 6) is 2.57. The van der Waals surface area contributed by atoms with Crippen LogP contribution in [-0.2, 0) is 0 Å². The van der Waals surface area contributed by atoms with Gasteiger partial charge in [-0.15, -0.1) is 19.7 Å². The molecule has 0 heterocycles. The minimum absolute atomic E-state index is 0.653. The maximum absolute atomic E-state index is 3.55. The van der Waals surface area contributed by atoms with Crippen molar-refractivity contribution in [3.8, 4) is 0 Å². The Morgan fingerprint density at radius 2 is 1.35 bits per heavy atom. The Labute approximate surface area is 218 Å². The first-order valence-corrected chi connectivity index (χ1v) is 14.4. The van der Waals surface area contributed by atoms with Gasteiger partial charge in [0, 0.05) is 12.6 Å². The molecule has 1 heteroatoms. The van der Waals surface area contributed by atoms with Crippen molar-refractivity contribution in [3.63, 3.8) is 0 Å². The highest BCUT2D eigenvalue weighted by Gasteiger charge is 2.10. The molecule has 0 bridgehead atoms. The van der Waals surface area contributed by atoms with E-state index in [0.717, 1.165) is 30.7 Å². The Balaban J connectivity index is -0.000000264. The second-order valence-corrected chi connectivity index (χ2v) is 9.63. The van der Waals surface area contributed by atoms with Crippen molar-refractivity contribution in [1.82, 2.24) is 5.32 Å². The van der Waals surface area contributed by atoms with E-state index >= 15 is 0 Å². The molecule has 3 atom stereocenters. The summed E-state index contributed by atoms with van der Waals surface area (Å²) < 4.78 is 0. The average Bonchev–Trinajstić information content (AvgIpc) is 2.85. The van der Waals surface area contributed by atoms with Crippen LogP contribution >= 0.6 is 0 Å². The van der Waals surface area contributed by atoms with Gasteiger partial charge in [0.25, 0.3) is 0 Å². The van der Waals surface area contributed by atoms with Gasteiger partial charge in [-0.1, -0.05) is 110 Å². The van der Waals surface area contributed by atoms with Crippen LogP contribution in [0.15, 0.2) is 49.6 Å². The van der Waals surface area contributed by atoms with Crippen molar-refractivity contribution in [2.24, 2.45) is 17.8 Å². The van der Waals surface area contributed by atoms with E-state index in [2.05, 4.69) is 113 Å². The zero-order valence-corrected chi connectivity index (χ0v) is 25.5. The van der Waals surface area contributed by atoms with E-state index in [4.69, 9.17) is 0 Å². The molecule has 0 aromatic carbocycles. The zero-order valence-electron chi connectivity index (χ0n) is 25.5. The average molecular weight is 478 g/mol. The summed E-state index contributed by atoms with van der Waals surface area (Å²) in [6.45, 7) is 32.9. The molecule has 0 saturated heterocycles. The molecule has 0 aliphatic rings. The highest BCUT2D eigenvalue weighted by Crippen LogP contribution is 2.24. The lowest BCUT2D eigenvalue weighted by atomic mass is 9.87. The molecule has 204 valence electrons. The van der Waals surface area contributed by atoms with E-state index in [9.17, 15) is 0 Å². The van der Waals surface area contributed by atoms with Gasteiger partial charge in [0.2, 0.25) is 0 Å². The standard InChI is InChI=1S/C19H39N.C8H16.C4H8.C2H4/c1-6-11-18(5)20-15-10-9-14-17(4)16-19(12-7-2)13-8-3;1-5-7(3)8(4)6-2;1-3-4-2;1-2/h9-10,17-20H,6-8,11-16H2,1-5H3;5,8H,6H2,1-4H3;3H,1,4H2,2H3;1-2H2/b10-9+;7-5-;;. The molecule has 1 nitrogen and oxygen atoms in total. The molecule has 34 heavy (non-hydrogen) atoms. The fourth-order valence-electron chi connectivity index (χ4n) is 3.68. The molecule has 0 aromatic heterocycles. The van der Waals surface area contributed by atoms with Gasteiger partial charge in [0.1, 0.15) is 0 Å². The monoisotopic (exact) mass is 478 g/mol. The molecule has 0 aliphatic heterocycles. The maximum atomic E-state index is 3.55. The number of nitrogens with one attached hydrogen (secondary N) is 1. The molecule has 0 saturated carbocycles. The predicted molar refractivity (Wildman–Crippen MR) is 164 cm³/mol. The van der Waals surface area contributed by atoms with Gasteiger partial charge in [0.05, 0.1) is 0 Å². The van der Waals surface area contributed by atoms with E-state index in [-0.39, 0.29) is 0 Å². The first-order chi connectivity index (χ1) is 16.3. The van der Waals surface area contributed by atoms with Crippen molar-refractivity contribution >= 4 is 0 Å². The third-order valence-corrected chi connectivity index (χ3v) is 6.27. The Hall–Kier alpha value is -1.08. The lowest BCUT2D eigenvalue weighted by Gasteiger charge is -2.19. The van der Waals surface area contributed by atoms with Crippen LogP contribution in [0.25, 0.3) is 0 Å². The van der Waals surface area contributed by atoms with E-state index in [1.807, 2.05) is 6.08 Å². The van der Waals surface area contributed by atoms with E-state index in [0.29, 0.717) is 6.04 Å². The molecule has 0 aromatic rings. The maximum Gasteiger partial charge on any atom is 0.0137 e. The van der Waals surface area contributed by atoms with Crippen LogP contribution in [0.3, 0.4) is 0 Å². The lowest BCUT2D eigenvalue weighted by Crippen LogP contribution is -2.25. The summed E-state index contributed by atoms with van der Waals surface area (Å²) in [6, 6.07) is 0.653. The lowest BCUT2D eigenvalue weighted by molar-refractivity contribution is 0.346. The minimum Gasteiger partial charge on any atom is -0.311 e. The summed E-state index contributed by atoms with van der Waals surface area (Å²) in [4.78, 5) is 0. The number of hydrogen-bond donors (Lipinski definition) is 1. The third kappa shape index (κ3) is 33.1. The van der Waals surface area contributed by atoms with E-state index in [1.54, 1.807) is 0 Å². The molecule has 0 aliphatic carbocycles. The van der Waals surface area contributed by atoms with E-state index in [1.165, 1.54) is 63.4 Å². The van der Waals surface area contributed by atoms with Gasteiger partial charge in [-0.05, 0) is 70.6 Å². The fourth-order valence-corrected chi connectivity index (χ4v) is 3.68. The zero-order chi connectivity index (χ0) is 27.2. The summed E-state index contributed by atoms with van der Waals surface area (Å²) in [7, 11) is 0. The number of rotatable bonds is 16. The van der Waals surface area contributed by atoms with Gasteiger partial charge in [-0.2, -0.15) is 0 Å². The molecule has 0 amide bonds. The van der Waals surface area contributed by atoms with Crippen molar-refractivity contribution in [3.05, 3.63) is 49.6 Å². The first kappa shape index (κ1) is 40.1. The van der Waals surface area contributed by atoms with Crippen LogP contribution in [0, 0.1) is 17.8 Å². The summed E-state index contributed by atoms with van der Waals surface area (Å²) in [5.41, 5.74) is 1.51. The van der Waals surface area contributed by atoms with Crippen LogP contribution in [0.5, 0.6) is 0 Å². The van der Waals surface area contributed by atoms with Gasteiger partial charge >= 0.3 is 0 Å². The number of hydrogen-bond acceptors (Lipinski definition) is 1. The summed E-state index contributed by atoms with van der Waals surface area (Å²) in [6.07, 6.45) is 21.8. The second-order valence-electron chi connectivity index (χ2n) is 9.63. The van der Waals surface area contributed by atoms with Crippen LogP contribution in [-0.4, -0.2) is 12.6 Å². The highest BCUT2D eigenvalue weighted by atomic mass is 14.9. The smallest absolute Gasteiger partial charge is 0.0137 e. The molecule has 0 rings (SSSR count). The molecule has 0 spiro atoms.